The van der Waals surface area contributed by atoms with Crippen molar-refractivity contribution in [1.29, 1.82) is 0 Å². The van der Waals surface area contributed by atoms with E-state index in [0.717, 1.165) is 11.4 Å². The largest absolute Gasteiger partial charge is 0.452 e. The first-order valence-corrected chi connectivity index (χ1v) is 5.68. The molecule has 0 spiro atoms. The summed E-state index contributed by atoms with van der Waals surface area (Å²) >= 11 is 0. The number of hydrogen-bond donors (Lipinski definition) is 0. The van der Waals surface area contributed by atoms with E-state index in [9.17, 15) is 13.2 Å². The van der Waals surface area contributed by atoms with E-state index >= 15 is 0 Å². The van der Waals surface area contributed by atoms with E-state index < -0.39 is 16.3 Å². The molecule has 0 N–H and O–H groups in total. The maximum atomic E-state index is 11.7. The lowest BCUT2D eigenvalue weighted by Crippen LogP contribution is -2.39. The maximum absolute atomic E-state index is 11.7. The summed E-state index contributed by atoms with van der Waals surface area (Å²) in [6.07, 6.45) is -0.826. The molecule has 1 amide bonds. The summed E-state index contributed by atoms with van der Waals surface area (Å²) in [5.41, 5.74) is 0. The van der Waals surface area contributed by atoms with Crippen LogP contribution in [-0.2, 0) is 14.9 Å². The van der Waals surface area contributed by atoms with Crippen LogP contribution in [0.25, 0.3) is 0 Å². The molecule has 82 valence electrons. The summed E-state index contributed by atoms with van der Waals surface area (Å²) in [5, 5.41) is 0. The second kappa shape index (κ2) is 3.74. The molecule has 0 saturated carbocycles. The molecular formula is C7H14N2O4S. The van der Waals surface area contributed by atoms with Crippen molar-refractivity contribution < 1.29 is 17.9 Å². The fourth-order valence-corrected chi connectivity index (χ4v) is 3.03. The summed E-state index contributed by atoms with van der Waals surface area (Å²) in [6.45, 7) is 4.01. The van der Waals surface area contributed by atoms with Gasteiger partial charge in [0, 0.05) is 12.6 Å². The quantitative estimate of drug-likeness (QED) is 0.627. The summed E-state index contributed by atoms with van der Waals surface area (Å²) in [5.74, 6) is 0. The molecule has 0 aliphatic carbocycles. The van der Waals surface area contributed by atoms with Gasteiger partial charge < -0.3 is 4.74 Å². The Morgan fingerprint density at radius 3 is 2.29 bits per heavy atom. The molecule has 1 rings (SSSR count). The Kier molecular flexibility index (Phi) is 3.01. The zero-order chi connectivity index (χ0) is 10.9. The highest BCUT2D eigenvalue weighted by Gasteiger charge is 2.41. The maximum Gasteiger partial charge on any atom is 0.424 e. The normalized spacial score (nSPS) is 21.6. The average molecular weight is 222 g/mol. The number of ether oxygens (including phenoxy) is 1. The first-order chi connectivity index (χ1) is 6.41. The monoisotopic (exact) mass is 222 g/mol. The van der Waals surface area contributed by atoms with Crippen molar-refractivity contribution in [3.05, 3.63) is 0 Å². The van der Waals surface area contributed by atoms with E-state index in [-0.39, 0.29) is 12.6 Å². The van der Waals surface area contributed by atoms with Crippen molar-refractivity contribution in [2.45, 2.75) is 19.9 Å². The second-order valence-corrected chi connectivity index (χ2v) is 5.06. The van der Waals surface area contributed by atoms with Crippen LogP contribution in [0, 0.1) is 0 Å². The SMILES string of the molecule is COC(=O)N1CCN(C(C)C)S1(=O)=O. The molecule has 0 unspecified atom stereocenters. The van der Waals surface area contributed by atoms with Crippen molar-refractivity contribution in [2.24, 2.45) is 0 Å². The Hall–Kier alpha value is -0.820. The highest BCUT2D eigenvalue weighted by Crippen LogP contribution is 2.19. The molecule has 7 heteroatoms. The number of methoxy groups -OCH3 is 1. The molecule has 0 aromatic heterocycles. The number of carbonyl (C=O) groups is 1. The predicted octanol–water partition coefficient (Wildman–Crippen LogP) is 0.0236. The van der Waals surface area contributed by atoms with E-state index in [0.29, 0.717) is 6.54 Å². The second-order valence-electron chi connectivity index (χ2n) is 3.25. The molecule has 0 bridgehead atoms. The van der Waals surface area contributed by atoms with E-state index in [4.69, 9.17) is 0 Å². The topological polar surface area (TPSA) is 66.9 Å². The van der Waals surface area contributed by atoms with Gasteiger partial charge in [-0.15, -0.1) is 0 Å². The van der Waals surface area contributed by atoms with Gasteiger partial charge in [-0.1, -0.05) is 0 Å². The molecule has 1 aliphatic rings. The van der Waals surface area contributed by atoms with Crippen LogP contribution in [-0.4, -0.2) is 49.4 Å². The van der Waals surface area contributed by atoms with Crippen LogP contribution in [0.1, 0.15) is 13.8 Å². The molecule has 1 saturated heterocycles. The van der Waals surface area contributed by atoms with Gasteiger partial charge in [0.2, 0.25) is 0 Å². The molecule has 0 aromatic rings. The van der Waals surface area contributed by atoms with Crippen molar-refractivity contribution >= 4 is 16.3 Å². The van der Waals surface area contributed by atoms with E-state index in [1.807, 2.05) is 0 Å². The van der Waals surface area contributed by atoms with Gasteiger partial charge in [-0.25, -0.2) is 4.79 Å². The van der Waals surface area contributed by atoms with Gasteiger partial charge >= 0.3 is 16.3 Å². The third-order valence-corrected chi connectivity index (χ3v) is 4.14. The summed E-state index contributed by atoms with van der Waals surface area (Å²) < 4.78 is 29.8. The van der Waals surface area contributed by atoms with Crippen molar-refractivity contribution in [2.75, 3.05) is 20.2 Å². The Bertz CT molecular complexity index is 325. The van der Waals surface area contributed by atoms with Crippen molar-refractivity contribution in [3.63, 3.8) is 0 Å². The molecule has 6 nitrogen and oxygen atoms in total. The third-order valence-electron chi connectivity index (χ3n) is 2.05. The van der Waals surface area contributed by atoms with E-state index in [1.54, 1.807) is 13.8 Å². The molecular weight excluding hydrogens is 208 g/mol. The Labute approximate surface area is 83.6 Å². The minimum atomic E-state index is -3.65. The Morgan fingerprint density at radius 2 is 1.93 bits per heavy atom. The molecule has 0 atom stereocenters. The number of rotatable bonds is 1. The molecule has 0 aromatic carbocycles. The smallest absolute Gasteiger partial charge is 0.424 e. The molecule has 1 aliphatic heterocycles. The van der Waals surface area contributed by atoms with Gasteiger partial charge in [0.05, 0.1) is 13.7 Å². The molecule has 0 radical (unpaired) electrons. The lowest BCUT2D eigenvalue weighted by Gasteiger charge is -2.20. The Morgan fingerprint density at radius 1 is 1.36 bits per heavy atom. The third kappa shape index (κ3) is 1.69. The van der Waals surface area contributed by atoms with Crippen LogP contribution in [0.5, 0.6) is 0 Å². The molecule has 1 fully saturated rings. The molecule has 1 heterocycles. The lowest BCUT2D eigenvalue weighted by atomic mass is 10.4. The fourth-order valence-electron chi connectivity index (χ4n) is 1.36. The Balaban J connectivity index is 2.93. The van der Waals surface area contributed by atoms with Crippen LogP contribution in [0.2, 0.25) is 0 Å². The summed E-state index contributed by atoms with van der Waals surface area (Å²) in [4.78, 5) is 11.1. The van der Waals surface area contributed by atoms with Crippen LogP contribution in [0.4, 0.5) is 4.79 Å². The van der Waals surface area contributed by atoms with Crippen LogP contribution < -0.4 is 0 Å². The number of carbonyl (C=O) groups excluding carboxylic acids is 1. The van der Waals surface area contributed by atoms with Gasteiger partial charge in [-0.2, -0.15) is 17.0 Å². The van der Waals surface area contributed by atoms with Gasteiger partial charge in [-0.05, 0) is 13.8 Å². The summed E-state index contributed by atoms with van der Waals surface area (Å²) in [7, 11) is -2.48. The van der Waals surface area contributed by atoms with Crippen molar-refractivity contribution in [3.8, 4) is 0 Å². The minimum Gasteiger partial charge on any atom is -0.452 e. The van der Waals surface area contributed by atoms with E-state index in [1.165, 1.54) is 4.31 Å². The minimum absolute atomic E-state index is 0.144. The number of nitrogens with zero attached hydrogens (tertiary/aromatic N) is 2. The standard InChI is InChI=1S/C7H14N2O4S/c1-6(2)8-4-5-9(7(10)13-3)14(8,11)12/h6H,4-5H2,1-3H3. The van der Waals surface area contributed by atoms with E-state index in [2.05, 4.69) is 4.74 Å². The number of hydrogen-bond acceptors (Lipinski definition) is 4. The van der Waals surface area contributed by atoms with Crippen LogP contribution >= 0.6 is 0 Å². The van der Waals surface area contributed by atoms with Crippen LogP contribution in [0.15, 0.2) is 0 Å². The van der Waals surface area contributed by atoms with Gasteiger partial charge in [-0.3, -0.25) is 0 Å². The average Bonchev–Trinajstić information content (AvgIpc) is 2.39. The fraction of sp³-hybridized carbons (Fsp3) is 0.857. The van der Waals surface area contributed by atoms with Gasteiger partial charge in [0.15, 0.2) is 0 Å². The van der Waals surface area contributed by atoms with Crippen molar-refractivity contribution in [1.82, 2.24) is 8.61 Å². The predicted molar refractivity (Wildman–Crippen MR) is 49.9 cm³/mol. The van der Waals surface area contributed by atoms with Crippen LogP contribution in [0.3, 0.4) is 0 Å². The van der Waals surface area contributed by atoms with Gasteiger partial charge in [0.25, 0.3) is 0 Å². The lowest BCUT2D eigenvalue weighted by molar-refractivity contribution is 0.152. The zero-order valence-corrected chi connectivity index (χ0v) is 9.24. The van der Waals surface area contributed by atoms with Gasteiger partial charge in [0.1, 0.15) is 0 Å². The number of amides is 1. The highest BCUT2D eigenvalue weighted by molar-refractivity contribution is 7.87. The first kappa shape index (κ1) is 11.3. The molecule has 14 heavy (non-hydrogen) atoms. The first-order valence-electron chi connectivity index (χ1n) is 4.28. The zero-order valence-electron chi connectivity index (χ0n) is 8.43. The highest BCUT2D eigenvalue weighted by atomic mass is 32.2. The summed E-state index contributed by atoms with van der Waals surface area (Å²) in [6, 6.07) is -0.144.